The quantitative estimate of drug-likeness (QED) is 0.569. The van der Waals surface area contributed by atoms with Gasteiger partial charge in [-0.05, 0) is 54.4 Å². The first-order valence-electron chi connectivity index (χ1n) is 10.7. The van der Waals surface area contributed by atoms with Crippen molar-refractivity contribution in [3.8, 4) is 16.9 Å². The van der Waals surface area contributed by atoms with Crippen LogP contribution in [0.15, 0.2) is 53.6 Å². The Kier molecular flexibility index (Phi) is 6.54. The van der Waals surface area contributed by atoms with E-state index < -0.39 is 26.5 Å². The van der Waals surface area contributed by atoms with Crippen LogP contribution in [0, 0.1) is 12.7 Å². The van der Waals surface area contributed by atoms with Gasteiger partial charge in [0.15, 0.2) is 9.84 Å². The molecule has 0 fully saturated rings. The van der Waals surface area contributed by atoms with E-state index in [9.17, 15) is 17.6 Å². The van der Waals surface area contributed by atoms with E-state index in [0.29, 0.717) is 18.1 Å². The van der Waals surface area contributed by atoms with Crippen LogP contribution in [0.1, 0.15) is 21.5 Å². The van der Waals surface area contributed by atoms with Crippen LogP contribution in [0.25, 0.3) is 11.1 Å². The molecule has 2 heterocycles. The van der Waals surface area contributed by atoms with Crippen molar-refractivity contribution in [3.63, 3.8) is 0 Å². The predicted molar refractivity (Wildman–Crippen MR) is 127 cm³/mol. The van der Waals surface area contributed by atoms with Crippen molar-refractivity contribution >= 4 is 21.6 Å². The van der Waals surface area contributed by atoms with E-state index in [2.05, 4.69) is 4.98 Å². The molecule has 10 heteroatoms. The summed E-state index contributed by atoms with van der Waals surface area (Å²) in [5, 5.41) is 0. The van der Waals surface area contributed by atoms with Gasteiger partial charge in [-0.25, -0.2) is 17.8 Å². The van der Waals surface area contributed by atoms with Crippen LogP contribution in [0.2, 0.25) is 0 Å². The number of halogens is 1. The maximum Gasteiger partial charge on any atom is 0.254 e. The number of pyridine rings is 1. The Morgan fingerprint density at radius 1 is 1.18 bits per heavy atom. The maximum absolute atomic E-state index is 15.0. The summed E-state index contributed by atoms with van der Waals surface area (Å²) >= 11 is 0. The van der Waals surface area contributed by atoms with Crippen LogP contribution in [0.5, 0.6) is 5.75 Å². The topological polar surface area (TPSA) is 129 Å². The Morgan fingerprint density at radius 3 is 2.65 bits per heavy atom. The molecule has 1 amide bonds. The molecule has 1 aliphatic heterocycles. The van der Waals surface area contributed by atoms with E-state index in [-0.39, 0.29) is 36.6 Å². The van der Waals surface area contributed by atoms with E-state index in [1.165, 1.54) is 13.0 Å². The van der Waals surface area contributed by atoms with Crippen molar-refractivity contribution in [2.75, 3.05) is 31.2 Å². The summed E-state index contributed by atoms with van der Waals surface area (Å²) in [4.78, 5) is 18.6. The van der Waals surface area contributed by atoms with Gasteiger partial charge in [-0.3, -0.25) is 4.79 Å². The molecule has 1 aromatic heterocycles. The fraction of sp³-hybridized carbons (Fsp3) is 0.250. The molecule has 34 heavy (non-hydrogen) atoms. The second-order valence-electron chi connectivity index (χ2n) is 8.03. The highest BCUT2D eigenvalue weighted by atomic mass is 32.2. The molecule has 4 N–H and O–H groups in total. The van der Waals surface area contributed by atoms with Gasteiger partial charge >= 0.3 is 0 Å². The zero-order chi connectivity index (χ0) is 24.5. The molecule has 0 aliphatic carbocycles. The van der Waals surface area contributed by atoms with Crippen molar-refractivity contribution in [3.05, 3.63) is 71.2 Å². The molecular formula is C24H25FN4O4S. The van der Waals surface area contributed by atoms with E-state index in [4.69, 9.17) is 16.2 Å². The molecule has 1 aliphatic rings. The normalized spacial score (nSPS) is 13.7. The van der Waals surface area contributed by atoms with Gasteiger partial charge in [0, 0.05) is 36.0 Å². The number of anilines is 1. The fourth-order valence-corrected chi connectivity index (χ4v) is 5.12. The average Bonchev–Trinajstić information content (AvgIpc) is 3.02. The number of hydrogen-bond donors (Lipinski definition) is 2. The van der Waals surface area contributed by atoms with Gasteiger partial charge in [0.2, 0.25) is 0 Å². The molecule has 0 atom stereocenters. The minimum atomic E-state index is -3.87. The Labute approximate surface area is 197 Å². The summed E-state index contributed by atoms with van der Waals surface area (Å²) < 4.78 is 45.4. The van der Waals surface area contributed by atoms with E-state index >= 15 is 0 Å². The lowest BCUT2D eigenvalue weighted by molar-refractivity contribution is 0.0731. The first-order valence-corrected chi connectivity index (χ1v) is 12.4. The summed E-state index contributed by atoms with van der Waals surface area (Å²) in [5.41, 5.74) is 13.6. The molecule has 2 aromatic carbocycles. The first-order chi connectivity index (χ1) is 16.2. The fourth-order valence-electron chi connectivity index (χ4n) is 3.89. The molecule has 0 radical (unpaired) electrons. The molecule has 0 unspecified atom stereocenters. The van der Waals surface area contributed by atoms with Crippen LogP contribution in [0.3, 0.4) is 0 Å². The van der Waals surface area contributed by atoms with Crippen LogP contribution in [0.4, 0.5) is 10.2 Å². The lowest BCUT2D eigenvalue weighted by Gasteiger charge is -2.21. The van der Waals surface area contributed by atoms with Gasteiger partial charge in [0.1, 0.15) is 28.9 Å². The molecule has 0 bridgehead atoms. The van der Waals surface area contributed by atoms with Crippen molar-refractivity contribution in [1.29, 1.82) is 0 Å². The number of nitrogens with zero attached hydrogens (tertiary/aromatic N) is 2. The number of nitrogens with two attached hydrogens (primary N) is 2. The van der Waals surface area contributed by atoms with Crippen LogP contribution < -0.4 is 16.2 Å². The van der Waals surface area contributed by atoms with Gasteiger partial charge < -0.3 is 21.1 Å². The third-order valence-corrected chi connectivity index (χ3v) is 7.51. The molecule has 4 rings (SSSR count). The number of amides is 1. The van der Waals surface area contributed by atoms with Gasteiger partial charge in [-0.15, -0.1) is 0 Å². The Balaban J connectivity index is 1.64. The second-order valence-corrected chi connectivity index (χ2v) is 10.1. The number of carbonyl (C=O) groups excluding carboxylic acids is 1. The molecule has 3 aromatic rings. The number of aromatic nitrogens is 1. The molecule has 178 valence electrons. The minimum Gasteiger partial charge on any atom is -0.491 e. The number of carbonyl (C=O) groups is 1. The highest BCUT2D eigenvalue weighted by Crippen LogP contribution is 2.30. The Bertz CT molecular complexity index is 1340. The largest absolute Gasteiger partial charge is 0.491 e. The van der Waals surface area contributed by atoms with Gasteiger partial charge in [0.05, 0.1) is 12.3 Å². The summed E-state index contributed by atoms with van der Waals surface area (Å²) in [5.74, 6) is -0.626. The number of fused-ring (bicyclic) bond motifs is 1. The van der Waals surface area contributed by atoms with Crippen molar-refractivity contribution < 1.29 is 22.3 Å². The number of sulfone groups is 1. The minimum absolute atomic E-state index is 0.0183. The molecule has 0 saturated carbocycles. The molecule has 8 nitrogen and oxygen atoms in total. The van der Waals surface area contributed by atoms with E-state index in [1.54, 1.807) is 17.2 Å². The van der Waals surface area contributed by atoms with E-state index in [0.717, 1.165) is 22.8 Å². The number of hydrogen-bond acceptors (Lipinski definition) is 7. The van der Waals surface area contributed by atoms with Crippen LogP contribution >= 0.6 is 0 Å². The standard InChI is InChI=1S/C24H25FN4O4S/c1-15-19(4-6-21(23(15)25)34(31,32)11-8-26)24(30)29-9-10-33-20-5-2-16(12-18(20)14-29)17-3-7-22(27)28-13-17/h2-7,12-13H,8-11,14,26H2,1H3,(H2,27,28). The molecular weight excluding hydrogens is 459 g/mol. The Morgan fingerprint density at radius 2 is 1.94 bits per heavy atom. The first kappa shape index (κ1) is 23.7. The third-order valence-electron chi connectivity index (χ3n) is 5.75. The summed E-state index contributed by atoms with van der Waals surface area (Å²) in [6, 6.07) is 11.7. The average molecular weight is 485 g/mol. The zero-order valence-electron chi connectivity index (χ0n) is 18.6. The van der Waals surface area contributed by atoms with Crippen LogP contribution in [-0.2, 0) is 16.4 Å². The van der Waals surface area contributed by atoms with Gasteiger partial charge in [-0.2, -0.15) is 0 Å². The Hall–Kier alpha value is -3.50. The summed E-state index contributed by atoms with van der Waals surface area (Å²) in [6.07, 6.45) is 1.67. The monoisotopic (exact) mass is 484 g/mol. The third kappa shape index (κ3) is 4.59. The molecule has 0 spiro atoms. The lowest BCUT2D eigenvalue weighted by Crippen LogP contribution is -2.33. The maximum atomic E-state index is 15.0. The number of ether oxygens (including phenoxy) is 1. The number of benzene rings is 2. The van der Waals surface area contributed by atoms with Crippen LogP contribution in [-0.4, -0.2) is 49.7 Å². The SMILES string of the molecule is Cc1c(C(=O)N2CCOc3ccc(-c4ccc(N)nc4)cc3C2)ccc(S(=O)(=O)CCN)c1F. The van der Waals surface area contributed by atoms with Gasteiger partial charge in [0.25, 0.3) is 5.91 Å². The van der Waals surface area contributed by atoms with Crippen molar-refractivity contribution in [2.45, 2.75) is 18.4 Å². The van der Waals surface area contributed by atoms with Crippen molar-refractivity contribution in [1.82, 2.24) is 9.88 Å². The summed E-state index contributed by atoms with van der Waals surface area (Å²) in [6.45, 7) is 2.09. The molecule has 0 saturated heterocycles. The second kappa shape index (κ2) is 9.40. The van der Waals surface area contributed by atoms with E-state index in [1.807, 2.05) is 24.3 Å². The highest BCUT2D eigenvalue weighted by molar-refractivity contribution is 7.91. The lowest BCUT2D eigenvalue weighted by atomic mass is 10.0. The van der Waals surface area contributed by atoms with Crippen molar-refractivity contribution in [2.24, 2.45) is 5.73 Å². The zero-order valence-corrected chi connectivity index (χ0v) is 19.4. The smallest absolute Gasteiger partial charge is 0.254 e. The highest BCUT2D eigenvalue weighted by Gasteiger charge is 2.27. The summed E-state index contributed by atoms with van der Waals surface area (Å²) in [7, 11) is -3.87. The number of rotatable bonds is 5. The predicted octanol–water partition coefficient (Wildman–Crippen LogP) is 2.55. The number of nitrogen functional groups attached to an aromatic ring is 1. The van der Waals surface area contributed by atoms with Gasteiger partial charge in [-0.1, -0.05) is 6.07 Å².